The summed E-state index contributed by atoms with van der Waals surface area (Å²) >= 11 is 0. The summed E-state index contributed by atoms with van der Waals surface area (Å²) in [6, 6.07) is 15.4. The Morgan fingerprint density at radius 1 is 1.11 bits per heavy atom. The van der Waals surface area contributed by atoms with Crippen LogP contribution in [0.2, 0.25) is 0 Å². The van der Waals surface area contributed by atoms with Crippen molar-refractivity contribution in [2.45, 2.75) is 24.9 Å². The van der Waals surface area contributed by atoms with E-state index >= 15 is 0 Å². The number of nitrogens with two attached hydrogens (primary N) is 1. The van der Waals surface area contributed by atoms with E-state index in [1.54, 1.807) is 23.2 Å². The molecule has 0 unspecified atom stereocenters. The van der Waals surface area contributed by atoms with Gasteiger partial charge in [0.15, 0.2) is 5.65 Å². The van der Waals surface area contributed by atoms with E-state index in [9.17, 15) is 9.59 Å². The van der Waals surface area contributed by atoms with Crippen LogP contribution >= 0.6 is 12.4 Å². The molecule has 2 N–H and O–H groups in total. The van der Waals surface area contributed by atoms with Crippen LogP contribution in [0.3, 0.4) is 0 Å². The molecule has 7 nitrogen and oxygen atoms in total. The van der Waals surface area contributed by atoms with E-state index in [1.165, 1.54) is 9.08 Å². The first-order valence-corrected chi connectivity index (χ1v) is 8.76. The number of fused-ring (bicyclic) bond motifs is 1. The molecule has 0 saturated carbocycles. The van der Waals surface area contributed by atoms with Crippen LogP contribution in [0.15, 0.2) is 59.5 Å². The van der Waals surface area contributed by atoms with Gasteiger partial charge in [-0.05, 0) is 17.7 Å². The highest BCUT2D eigenvalue weighted by Gasteiger charge is 2.33. The van der Waals surface area contributed by atoms with Crippen molar-refractivity contribution in [1.82, 2.24) is 19.1 Å². The fourth-order valence-corrected chi connectivity index (χ4v) is 3.56. The molecule has 1 aromatic carbocycles. The first-order valence-electron chi connectivity index (χ1n) is 8.76. The number of nitrogens with zero attached hydrogens (tertiary/aromatic N) is 4. The van der Waals surface area contributed by atoms with E-state index in [4.69, 9.17) is 5.73 Å². The Morgan fingerprint density at radius 3 is 2.59 bits per heavy atom. The lowest BCUT2D eigenvalue weighted by Gasteiger charge is -2.16. The maximum atomic E-state index is 12.6. The summed E-state index contributed by atoms with van der Waals surface area (Å²) in [6.07, 6.45) is 1.91. The predicted molar refractivity (Wildman–Crippen MR) is 105 cm³/mol. The average Bonchev–Trinajstić information content (AvgIpc) is 3.21. The van der Waals surface area contributed by atoms with Gasteiger partial charge in [-0.3, -0.25) is 9.20 Å². The van der Waals surface area contributed by atoms with Gasteiger partial charge >= 0.3 is 5.69 Å². The van der Waals surface area contributed by atoms with Gasteiger partial charge in [0.05, 0.1) is 6.54 Å². The molecule has 0 aliphatic carbocycles. The van der Waals surface area contributed by atoms with E-state index in [0.717, 1.165) is 5.56 Å². The molecule has 1 fully saturated rings. The van der Waals surface area contributed by atoms with Crippen LogP contribution in [-0.4, -0.2) is 44.1 Å². The molecule has 27 heavy (non-hydrogen) atoms. The van der Waals surface area contributed by atoms with E-state index < -0.39 is 0 Å². The first kappa shape index (κ1) is 19.1. The van der Waals surface area contributed by atoms with Gasteiger partial charge < -0.3 is 10.6 Å². The summed E-state index contributed by atoms with van der Waals surface area (Å²) in [5.41, 5.74) is 7.77. The predicted octanol–water partition coefficient (Wildman–Crippen LogP) is 1.26. The van der Waals surface area contributed by atoms with Gasteiger partial charge in [0.2, 0.25) is 5.91 Å². The minimum Gasteiger partial charge on any atom is -0.340 e. The second-order valence-corrected chi connectivity index (χ2v) is 6.66. The molecule has 4 rings (SSSR count). The van der Waals surface area contributed by atoms with Crippen LogP contribution in [-0.2, 0) is 11.3 Å². The quantitative estimate of drug-likeness (QED) is 0.730. The van der Waals surface area contributed by atoms with Crippen LogP contribution in [0, 0.1) is 0 Å². The Bertz CT molecular complexity index is 984. The van der Waals surface area contributed by atoms with Crippen LogP contribution in [0.1, 0.15) is 17.9 Å². The Labute approximate surface area is 162 Å². The normalized spacial score (nSPS) is 19.2. The number of amides is 1. The van der Waals surface area contributed by atoms with Crippen LogP contribution in [0.4, 0.5) is 0 Å². The van der Waals surface area contributed by atoms with Gasteiger partial charge in [-0.25, -0.2) is 9.48 Å². The Hall–Kier alpha value is -2.64. The summed E-state index contributed by atoms with van der Waals surface area (Å²) in [4.78, 5) is 26.7. The van der Waals surface area contributed by atoms with E-state index in [0.29, 0.717) is 18.7 Å². The van der Waals surface area contributed by atoms with Crippen LogP contribution in [0.5, 0.6) is 0 Å². The maximum absolute atomic E-state index is 12.6. The van der Waals surface area contributed by atoms with Gasteiger partial charge in [0, 0.05) is 37.7 Å². The number of pyridine rings is 1. The second-order valence-electron chi connectivity index (χ2n) is 6.66. The number of halogens is 1. The Balaban J connectivity index is 0.00000210. The zero-order valence-electron chi connectivity index (χ0n) is 14.8. The summed E-state index contributed by atoms with van der Waals surface area (Å²) < 4.78 is 2.82. The average molecular weight is 388 g/mol. The number of hydrogen-bond donors (Lipinski definition) is 1. The number of carbonyl (C=O) groups excluding carboxylic acids is 1. The van der Waals surface area contributed by atoms with Crippen molar-refractivity contribution >= 4 is 24.0 Å². The lowest BCUT2D eigenvalue weighted by atomic mass is 9.95. The zero-order valence-corrected chi connectivity index (χ0v) is 15.6. The molecular formula is C19H22ClN5O2. The number of aromatic nitrogens is 3. The highest BCUT2D eigenvalue weighted by molar-refractivity contribution is 5.85. The molecule has 1 aliphatic heterocycles. The second kappa shape index (κ2) is 7.94. The number of benzene rings is 1. The molecule has 2 atom stereocenters. The van der Waals surface area contributed by atoms with Gasteiger partial charge in [-0.2, -0.15) is 0 Å². The highest BCUT2D eigenvalue weighted by Crippen LogP contribution is 2.26. The molecule has 3 aromatic rings. The van der Waals surface area contributed by atoms with Gasteiger partial charge in [0.25, 0.3) is 0 Å². The smallest absolute Gasteiger partial charge is 0.340 e. The monoisotopic (exact) mass is 387 g/mol. The lowest BCUT2D eigenvalue weighted by Crippen LogP contribution is -2.33. The van der Waals surface area contributed by atoms with Crippen molar-refractivity contribution in [3.05, 3.63) is 70.8 Å². The lowest BCUT2D eigenvalue weighted by molar-refractivity contribution is -0.130. The number of aryl methyl sites for hydroxylation is 1. The number of likely N-dealkylation sites (tertiary alicyclic amines) is 1. The fourth-order valence-electron chi connectivity index (χ4n) is 3.56. The molecule has 1 amide bonds. The van der Waals surface area contributed by atoms with Crippen molar-refractivity contribution < 1.29 is 4.79 Å². The molecule has 2 aromatic heterocycles. The third-order valence-corrected chi connectivity index (χ3v) is 4.97. The van der Waals surface area contributed by atoms with Gasteiger partial charge in [0.1, 0.15) is 0 Å². The topological polar surface area (TPSA) is 85.6 Å². The largest absolute Gasteiger partial charge is 0.350 e. The number of hydrogen-bond acceptors (Lipinski definition) is 4. The van der Waals surface area contributed by atoms with E-state index in [1.807, 2.05) is 24.3 Å². The third kappa shape index (κ3) is 3.74. The zero-order chi connectivity index (χ0) is 18.1. The molecule has 0 radical (unpaired) electrons. The molecule has 8 heteroatoms. The van der Waals surface area contributed by atoms with Crippen molar-refractivity contribution in [1.29, 1.82) is 0 Å². The van der Waals surface area contributed by atoms with Crippen molar-refractivity contribution in [2.75, 3.05) is 13.1 Å². The summed E-state index contributed by atoms with van der Waals surface area (Å²) in [5.74, 6) is 0.154. The van der Waals surface area contributed by atoms with E-state index in [2.05, 4.69) is 17.2 Å². The molecule has 1 saturated heterocycles. The Kier molecular flexibility index (Phi) is 5.62. The van der Waals surface area contributed by atoms with Crippen LogP contribution in [0.25, 0.3) is 5.65 Å². The molecule has 0 spiro atoms. The fraction of sp³-hybridized carbons (Fsp3) is 0.316. The molecule has 3 heterocycles. The molecule has 0 bridgehead atoms. The minimum atomic E-state index is -0.228. The summed E-state index contributed by atoms with van der Waals surface area (Å²) in [7, 11) is 0. The molecular weight excluding hydrogens is 366 g/mol. The summed E-state index contributed by atoms with van der Waals surface area (Å²) in [5, 5.41) is 4.26. The number of carbonyl (C=O) groups is 1. The SMILES string of the molecule is Cl.N[C@@H]1CN(C(=O)CCn2nc3ccccn3c2=O)C[C@H]1c1ccccc1. The minimum absolute atomic E-state index is 0. The number of rotatable bonds is 4. The van der Waals surface area contributed by atoms with Gasteiger partial charge in [-0.15, -0.1) is 17.5 Å². The van der Waals surface area contributed by atoms with Crippen molar-refractivity contribution in [3.63, 3.8) is 0 Å². The Morgan fingerprint density at radius 2 is 1.85 bits per heavy atom. The first-order chi connectivity index (χ1) is 12.6. The van der Waals surface area contributed by atoms with Crippen LogP contribution < -0.4 is 11.4 Å². The highest BCUT2D eigenvalue weighted by atomic mass is 35.5. The molecule has 1 aliphatic rings. The maximum Gasteiger partial charge on any atom is 0.350 e. The van der Waals surface area contributed by atoms with Crippen molar-refractivity contribution in [2.24, 2.45) is 5.73 Å². The standard InChI is InChI=1S/C19H21N5O2.ClH/c20-16-13-22(12-15(16)14-6-2-1-3-7-14)18(25)9-11-24-19(26)23-10-5-4-8-17(23)21-24;/h1-8,10,15-16H,9,11-13,20H2;1H/t15-,16+;/m0./s1. The van der Waals surface area contributed by atoms with E-state index in [-0.39, 0.29) is 48.9 Å². The van der Waals surface area contributed by atoms with Gasteiger partial charge in [-0.1, -0.05) is 36.4 Å². The molecule has 142 valence electrons. The van der Waals surface area contributed by atoms with Crippen molar-refractivity contribution in [3.8, 4) is 0 Å². The summed E-state index contributed by atoms with van der Waals surface area (Å²) in [6.45, 7) is 1.42. The third-order valence-electron chi connectivity index (χ3n) is 4.97.